The number of hydrogen-bond donors (Lipinski definition) is 1. The molecule has 1 aromatic heterocycles. The van der Waals surface area contributed by atoms with Gasteiger partial charge in [0.2, 0.25) is 5.88 Å². The molecular weight excluding hydrogens is 292 g/mol. The van der Waals surface area contributed by atoms with E-state index in [4.69, 9.17) is 4.74 Å². The third kappa shape index (κ3) is 2.90. The molecule has 5 nitrogen and oxygen atoms in total. The minimum absolute atomic E-state index is 0.105. The Morgan fingerprint density at radius 3 is 2.70 bits per heavy atom. The van der Waals surface area contributed by atoms with E-state index in [1.54, 1.807) is 4.68 Å². The molecule has 1 aliphatic carbocycles. The topological polar surface area (TPSA) is 64.4 Å². The molecule has 0 saturated carbocycles. The summed E-state index contributed by atoms with van der Waals surface area (Å²) in [4.78, 5) is 11.8. The number of ether oxygens (including phenoxy) is 1. The molecule has 0 atom stereocenters. The van der Waals surface area contributed by atoms with Crippen molar-refractivity contribution in [3.8, 4) is 11.6 Å². The van der Waals surface area contributed by atoms with Crippen LogP contribution in [0.25, 0.3) is 11.3 Å². The van der Waals surface area contributed by atoms with Gasteiger partial charge in [0.15, 0.2) is 0 Å². The van der Waals surface area contributed by atoms with E-state index in [2.05, 4.69) is 5.10 Å². The molecule has 0 aliphatic heterocycles. The minimum atomic E-state index is -1.04. The van der Waals surface area contributed by atoms with Crippen LogP contribution in [-0.4, -0.2) is 27.5 Å². The van der Waals surface area contributed by atoms with Gasteiger partial charge in [-0.3, -0.25) is 0 Å². The number of nitrogens with zero attached hydrogens (tertiary/aromatic N) is 2. The molecule has 23 heavy (non-hydrogen) atoms. The van der Waals surface area contributed by atoms with Gasteiger partial charge in [-0.25, -0.2) is 9.48 Å². The van der Waals surface area contributed by atoms with Crippen LogP contribution in [0.4, 0.5) is 0 Å². The van der Waals surface area contributed by atoms with E-state index in [0.29, 0.717) is 12.3 Å². The van der Waals surface area contributed by atoms with Crippen molar-refractivity contribution in [2.24, 2.45) is 0 Å². The van der Waals surface area contributed by atoms with Crippen LogP contribution in [0.15, 0.2) is 48.6 Å². The summed E-state index contributed by atoms with van der Waals surface area (Å²) in [7, 11) is 0. The normalized spacial score (nSPS) is 13.7. The number of carbonyl (C=O) groups is 1. The molecule has 1 aliphatic rings. The van der Waals surface area contributed by atoms with E-state index in [1.165, 1.54) is 0 Å². The highest BCUT2D eigenvalue weighted by atomic mass is 16.5. The number of allylic oxidation sites excluding steroid dienone is 4. The summed E-state index contributed by atoms with van der Waals surface area (Å²) >= 11 is 0. The Balaban J connectivity index is 2.26. The van der Waals surface area contributed by atoms with E-state index in [0.717, 1.165) is 24.1 Å². The Morgan fingerprint density at radius 1 is 1.30 bits per heavy atom. The fourth-order valence-corrected chi connectivity index (χ4v) is 2.64. The smallest absolute Gasteiger partial charge is 0.343 e. The highest BCUT2D eigenvalue weighted by molar-refractivity contribution is 5.97. The van der Waals surface area contributed by atoms with Gasteiger partial charge in [-0.1, -0.05) is 36.4 Å². The third-order valence-corrected chi connectivity index (χ3v) is 3.62. The lowest BCUT2D eigenvalue weighted by Crippen LogP contribution is -2.06. The van der Waals surface area contributed by atoms with Gasteiger partial charge >= 0.3 is 5.97 Å². The van der Waals surface area contributed by atoms with Crippen LogP contribution in [0.3, 0.4) is 0 Å². The Morgan fingerprint density at radius 2 is 2.09 bits per heavy atom. The van der Waals surface area contributed by atoms with Crippen molar-refractivity contribution in [2.45, 2.75) is 19.8 Å². The zero-order valence-corrected chi connectivity index (χ0v) is 12.9. The number of benzene rings is 1. The molecule has 0 unspecified atom stereocenters. The zero-order chi connectivity index (χ0) is 16.2. The molecule has 0 spiro atoms. The van der Waals surface area contributed by atoms with E-state index < -0.39 is 5.97 Å². The number of aromatic carboxylic acids is 1. The van der Waals surface area contributed by atoms with Crippen LogP contribution in [-0.2, 0) is 0 Å². The lowest BCUT2D eigenvalue weighted by molar-refractivity contribution is 0.0692. The Labute approximate surface area is 134 Å². The highest BCUT2D eigenvalue weighted by Gasteiger charge is 2.27. The molecule has 1 N–H and O–H groups in total. The van der Waals surface area contributed by atoms with Crippen molar-refractivity contribution in [2.75, 3.05) is 6.61 Å². The number of aromatic nitrogens is 2. The van der Waals surface area contributed by atoms with Crippen LogP contribution in [0.2, 0.25) is 0 Å². The van der Waals surface area contributed by atoms with Crippen molar-refractivity contribution < 1.29 is 14.6 Å². The molecule has 5 heteroatoms. The molecule has 118 valence electrons. The van der Waals surface area contributed by atoms with Gasteiger partial charge in [0.05, 0.1) is 18.0 Å². The van der Waals surface area contributed by atoms with Gasteiger partial charge in [-0.05, 0) is 37.5 Å². The molecule has 0 bridgehead atoms. The summed E-state index contributed by atoms with van der Waals surface area (Å²) in [5, 5.41) is 14.1. The van der Waals surface area contributed by atoms with Gasteiger partial charge < -0.3 is 9.84 Å². The molecule has 1 heterocycles. The van der Waals surface area contributed by atoms with Crippen LogP contribution >= 0.6 is 0 Å². The van der Waals surface area contributed by atoms with Gasteiger partial charge in [-0.2, -0.15) is 0 Å². The Hall–Kier alpha value is -2.82. The standard InChI is InChI=1S/C18H18N2O3/c1-2-23-17-15(18(21)22)16(13-9-5-3-6-10-13)20(19-17)14-11-7-4-8-12-14/h4-5,7-12H,2-3,6H2,1H3,(H,21,22). The molecular formula is C18H18N2O3. The first-order valence-corrected chi connectivity index (χ1v) is 7.64. The van der Waals surface area contributed by atoms with Crippen LogP contribution in [0, 0.1) is 0 Å². The van der Waals surface area contributed by atoms with E-state index >= 15 is 0 Å². The summed E-state index contributed by atoms with van der Waals surface area (Å²) in [6, 6.07) is 9.49. The first kappa shape index (κ1) is 15.1. The van der Waals surface area contributed by atoms with E-state index in [9.17, 15) is 9.90 Å². The number of carboxylic acids is 1. The second kappa shape index (κ2) is 6.52. The second-order valence-corrected chi connectivity index (χ2v) is 5.15. The summed E-state index contributed by atoms with van der Waals surface area (Å²) < 4.78 is 7.12. The van der Waals surface area contributed by atoms with Crippen LogP contribution in [0.1, 0.15) is 35.8 Å². The molecule has 0 saturated heterocycles. The van der Waals surface area contributed by atoms with E-state index in [-0.39, 0.29) is 11.4 Å². The molecule has 3 rings (SSSR count). The largest absolute Gasteiger partial charge is 0.477 e. The molecule has 2 aromatic rings. The first-order valence-electron chi connectivity index (χ1n) is 7.64. The molecule has 0 fully saturated rings. The summed E-state index contributed by atoms with van der Waals surface area (Å²) in [5.74, 6) is -0.885. The molecule has 0 radical (unpaired) electrons. The summed E-state index contributed by atoms with van der Waals surface area (Å²) in [6.07, 6.45) is 7.88. The maximum absolute atomic E-state index is 11.8. The SMILES string of the molecule is CCOc1nn(-c2ccccc2)c(C2=CCCC=C2)c1C(=O)O. The number of rotatable bonds is 5. The lowest BCUT2D eigenvalue weighted by atomic mass is 10.0. The predicted molar refractivity (Wildman–Crippen MR) is 88.0 cm³/mol. The second-order valence-electron chi connectivity index (χ2n) is 5.15. The first-order chi connectivity index (χ1) is 11.2. The number of carboxylic acid groups (broad SMARTS) is 1. The summed E-state index contributed by atoms with van der Waals surface area (Å²) in [5.41, 5.74) is 2.32. The average molecular weight is 310 g/mol. The van der Waals surface area contributed by atoms with Gasteiger partial charge in [0.1, 0.15) is 5.56 Å². The van der Waals surface area contributed by atoms with Gasteiger partial charge in [-0.15, -0.1) is 5.10 Å². The quantitative estimate of drug-likeness (QED) is 0.914. The van der Waals surface area contributed by atoms with Crippen molar-refractivity contribution in [1.29, 1.82) is 0 Å². The maximum Gasteiger partial charge on any atom is 0.343 e. The molecule has 1 aromatic carbocycles. The van der Waals surface area contributed by atoms with Crippen molar-refractivity contribution in [3.05, 3.63) is 59.8 Å². The number of para-hydroxylation sites is 1. The predicted octanol–water partition coefficient (Wildman–Crippen LogP) is 3.70. The molecule has 0 amide bonds. The number of hydrogen-bond acceptors (Lipinski definition) is 3. The minimum Gasteiger partial charge on any atom is -0.477 e. The Kier molecular flexibility index (Phi) is 4.28. The van der Waals surface area contributed by atoms with E-state index in [1.807, 2.05) is 55.5 Å². The van der Waals surface area contributed by atoms with Crippen LogP contribution in [0.5, 0.6) is 5.88 Å². The van der Waals surface area contributed by atoms with Crippen LogP contribution < -0.4 is 4.74 Å². The average Bonchev–Trinajstić information content (AvgIpc) is 2.96. The fraction of sp³-hybridized carbons (Fsp3) is 0.222. The van der Waals surface area contributed by atoms with Crippen molar-refractivity contribution >= 4 is 11.5 Å². The van der Waals surface area contributed by atoms with Gasteiger partial charge in [0, 0.05) is 0 Å². The third-order valence-electron chi connectivity index (χ3n) is 3.62. The zero-order valence-electron chi connectivity index (χ0n) is 12.9. The summed E-state index contributed by atoms with van der Waals surface area (Å²) in [6.45, 7) is 2.17. The Bertz CT molecular complexity index is 773. The van der Waals surface area contributed by atoms with Gasteiger partial charge in [0.25, 0.3) is 0 Å². The fourth-order valence-electron chi connectivity index (χ4n) is 2.64. The lowest BCUT2D eigenvalue weighted by Gasteiger charge is -2.11. The highest BCUT2D eigenvalue weighted by Crippen LogP contribution is 2.32. The van der Waals surface area contributed by atoms with Crippen molar-refractivity contribution in [1.82, 2.24) is 9.78 Å². The van der Waals surface area contributed by atoms with Crippen molar-refractivity contribution in [3.63, 3.8) is 0 Å². The monoisotopic (exact) mass is 310 g/mol. The maximum atomic E-state index is 11.8.